The van der Waals surface area contributed by atoms with Crippen molar-refractivity contribution in [2.45, 2.75) is 44.9 Å². The molecule has 1 aliphatic rings. The zero-order chi connectivity index (χ0) is 13.7. The molecule has 0 N–H and O–H groups in total. The van der Waals surface area contributed by atoms with Gasteiger partial charge < -0.3 is 0 Å². The summed E-state index contributed by atoms with van der Waals surface area (Å²) in [5, 5.41) is 0. The Kier molecular flexibility index (Phi) is 2.60. The first-order chi connectivity index (χ1) is 9.02. The molecular weight excluding hydrogens is 228 g/mol. The summed E-state index contributed by atoms with van der Waals surface area (Å²) in [7, 11) is 0. The molecule has 0 heteroatoms. The molecule has 0 spiro atoms. The third-order valence-electron chi connectivity index (χ3n) is 5.10. The van der Waals surface area contributed by atoms with Crippen LogP contribution in [0.25, 0.3) is 0 Å². The summed E-state index contributed by atoms with van der Waals surface area (Å²) >= 11 is 0. The van der Waals surface area contributed by atoms with Crippen LogP contribution in [0.3, 0.4) is 0 Å². The van der Waals surface area contributed by atoms with Crippen molar-refractivity contribution in [2.75, 3.05) is 0 Å². The smallest absolute Gasteiger partial charge is 0.0178 e. The van der Waals surface area contributed by atoms with Crippen LogP contribution in [0.15, 0.2) is 48.5 Å². The number of hydrogen-bond acceptors (Lipinski definition) is 0. The minimum atomic E-state index is 0.0991. The molecule has 0 nitrogen and oxygen atoms in total. The van der Waals surface area contributed by atoms with Gasteiger partial charge in [-0.3, -0.25) is 0 Å². The molecule has 0 radical (unpaired) electrons. The molecule has 0 fully saturated rings. The monoisotopic (exact) mass is 250 g/mol. The van der Waals surface area contributed by atoms with Crippen molar-refractivity contribution in [3.63, 3.8) is 0 Å². The second-order valence-corrected chi connectivity index (χ2v) is 6.40. The van der Waals surface area contributed by atoms with Crippen molar-refractivity contribution in [3.05, 3.63) is 70.8 Å². The lowest BCUT2D eigenvalue weighted by molar-refractivity contribution is 0.476. The van der Waals surface area contributed by atoms with Gasteiger partial charge in [0.05, 0.1) is 0 Å². The third kappa shape index (κ3) is 1.52. The Balaban J connectivity index is 2.41. The molecule has 3 rings (SSSR count). The van der Waals surface area contributed by atoms with Crippen molar-refractivity contribution < 1.29 is 0 Å². The van der Waals surface area contributed by atoms with E-state index in [2.05, 4.69) is 76.2 Å². The van der Waals surface area contributed by atoms with Crippen LogP contribution < -0.4 is 0 Å². The molecule has 0 aromatic heterocycles. The van der Waals surface area contributed by atoms with Crippen LogP contribution in [-0.2, 0) is 10.8 Å². The van der Waals surface area contributed by atoms with Crippen LogP contribution in [0.1, 0.15) is 56.4 Å². The fraction of sp³-hybridized carbons (Fsp3) is 0.368. The van der Waals surface area contributed by atoms with Crippen molar-refractivity contribution >= 4 is 0 Å². The van der Waals surface area contributed by atoms with Gasteiger partial charge >= 0.3 is 0 Å². The normalized spacial score (nSPS) is 18.5. The lowest BCUT2D eigenvalue weighted by atomic mass is 9.58. The molecule has 0 amide bonds. The summed E-state index contributed by atoms with van der Waals surface area (Å²) < 4.78 is 0. The van der Waals surface area contributed by atoms with Gasteiger partial charge in [-0.15, -0.1) is 0 Å². The fourth-order valence-corrected chi connectivity index (χ4v) is 3.69. The molecule has 2 aromatic rings. The predicted octanol–water partition coefficient (Wildman–Crippen LogP) is 5.04. The zero-order valence-corrected chi connectivity index (χ0v) is 12.3. The van der Waals surface area contributed by atoms with Crippen LogP contribution in [0.5, 0.6) is 0 Å². The molecule has 0 unspecified atom stereocenters. The Bertz CT molecular complexity index is 570. The van der Waals surface area contributed by atoms with E-state index in [0.717, 1.165) is 6.42 Å². The molecule has 19 heavy (non-hydrogen) atoms. The minimum Gasteiger partial charge on any atom is -0.0642 e. The topological polar surface area (TPSA) is 0 Å². The van der Waals surface area contributed by atoms with Crippen molar-refractivity contribution in [1.29, 1.82) is 0 Å². The number of benzene rings is 2. The molecule has 0 atom stereocenters. The van der Waals surface area contributed by atoms with Crippen LogP contribution in [-0.4, -0.2) is 0 Å². The number of hydrogen-bond donors (Lipinski definition) is 0. The highest BCUT2D eigenvalue weighted by molar-refractivity contribution is 5.58. The third-order valence-corrected chi connectivity index (χ3v) is 5.10. The van der Waals surface area contributed by atoms with E-state index in [1.54, 1.807) is 0 Å². The Morgan fingerprint density at radius 3 is 1.42 bits per heavy atom. The van der Waals surface area contributed by atoms with Crippen LogP contribution >= 0.6 is 0 Å². The van der Waals surface area contributed by atoms with Gasteiger partial charge in [0.15, 0.2) is 0 Å². The van der Waals surface area contributed by atoms with Crippen molar-refractivity contribution in [2.24, 2.45) is 0 Å². The standard InChI is InChI=1S/C19H22/c1-5-19(4)16-12-8-6-10-14(16)18(2,3)15-11-7-9-13-17(15)19/h6-13H,5H2,1-4H3. The van der Waals surface area contributed by atoms with Gasteiger partial charge in [-0.25, -0.2) is 0 Å². The quantitative estimate of drug-likeness (QED) is 0.665. The second kappa shape index (κ2) is 3.96. The molecule has 0 saturated carbocycles. The Morgan fingerprint density at radius 2 is 1.05 bits per heavy atom. The maximum atomic E-state index is 2.39. The minimum absolute atomic E-state index is 0.0991. The van der Waals surface area contributed by atoms with E-state index in [1.807, 2.05) is 0 Å². The Labute approximate surface area is 116 Å². The number of fused-ring (bicyclic) bond motifs is 2. The first-order valence-electron chi connectivity index (χ1n) is 7.22. The van der Waals surface area contributed by atoms with Gasteiger partial charge in [0.1, 0.15) is 0 Å². The maximum Gasteiger partial charge on any atom is 0.0178 e. The summed E-state index contributed by atoms with van der Waals surface area (Å²) in [6.07, 6.45) is 1.14. The predicted molar refractivity (Wildman–Crippen MR) is 81.8 cm³/mol. The van der Waals surface area contributed by atoms with E-state index in [0.29, 0.717) is 0 Å². The molecule has 2 aromatic carbocycles. The van der Waals surface area contributed by atoms with E-state index < -0.39 is 0 Å². The largest absolute Gasteiger partial charge is 0.0642 e. The second-order valence-electron chi connectivity index (χ2n) is 6.40. The molecule has 1 aliphatic carbocycles. The summed E-state index contributed by atoms with van der Waals surface area (Å²) in [6.45, 7) is 9.38. The van der Waals surface area contributed by atoms with E-state index in [9.17, 15) is 0 Å². The molecule has 0 heterocycles. The van der Waals surface area contributed by atoms with Crippen LogP contribution in [0.2, 0.25) is 0 Å². The highest BCUT2D eigenvalue weighted by atomic mass is 14.5. The van der Waals surface area contributed by atoms with Gasteiger partial charge in [0, 0.05) is 10.8 Å². The van der Waals surface area contributed by atoms with E-state index in [-0.39, 0.29) is 10.8 Å². The lowest BCUT2D eigenvalue weighted by Crippen LogP contribution is -2.37. The maximum absolute atomic E-state index is 2.39. The summed E-state index contributed by atoms with van der Waals surface area (Å²) in [4.78, 5) is 0. The van der Waals surface area contributed by atoms with Crippen molar-refractivity contribution in [3.8, 4) is 0 Å². The van der Waals surface area contributed by atoms with E-state index in [1.165, 1.54) is 22.3 Å². The zero-order valence-electron chi connectivity index (χ0n) is 12.3. The van der Waals surface area contributed by atoms with Crippen LogP contribution in [0.4, 0.5) is 0 Å². The lowest BCUT2D eigenvalue weighted by Gasteiger charge is -2.45. The first-order valence-corrected chi connectivity index (χ1v) is 7.22. The summed E-state index contributed by atoms with van der Waals surface area (Å²) in [5.41, 5.74) is 6.21. The average molecular weight is 250 g/mol. The van der Waals surface area contributed by atoms with Gasteiger partial charge in [0.2, 0.25) is 0 Å². The van der Waals surface area contributed by atoms with E-state index >= 15 is 0 Å². The van der Waals surface area contributed by atoms with Gasteiger partial charge in [-0.2, -0.15) is 0 Å². The Hall–Kier alpha value is -1.56. The highest BCUT2D eigenvalue weighted by Crippen LogP contribution is 2.50. The molecule has 0 saturated heterocycles. The van der Waals surface area contributed by atoms with Gasteiger partial charge in [0.25, 0.3) is 0 Å². The Morgan fingerprint density at radius 1 is 0.684 bits per heavy atom. The number of rotatable bonds is 1. The van der Waals surface area contributed by atoms with Crippen molar-refractivity contribution in [1.82, 2.24) is 0 Å². The molecule has 0 aliphatic heterocycles. The fourth-order valence-electron chi connectivity index (χ4n) is 3.69. The highest BCUT2D eigenvalue weighted by Gasteiger charge is 2.42. The summed E-state index contributed by atoms with van der Waals surface area (Å²) in [6, 6.07) is 17.9. The molecule has 98 valence electrons. The summed E-state index contributed by atoms with van der Waals surface area (Å²) in [5.74, 6) is 0. The molecular formula is C19H22. The molecule has 0 bridgehead atoms. The van der Waals surface area contributed by atoms with Crippen LogP contribution in [0, 0.1) is 0 Å². The SMILES string of the molecule is CCC1(C)c2ccccc2C(C)(C)c2ccccc21. The van der Waals surface area contributed by atoms with Gasteiger partial charge in [-0.05, 0) is 28.7 Å². The average Bonchev–Trinajstić information content (AvgIpc) is 2.45. The first kappa shape index (κ1) is 12.5. The van der Waals surface area contributed by atoms with E-state index in [4.69, 9.17) is 0 Å². The van der Waals surface area contributed by atoms with Gasteiger partial charge in [-0.1, -0.05) is 76.2 Å².